The van der Waals surface area contributed by atoms with E-state index in [0.717, 1.165) is 30.0 Å². The normalized spacial score (nSPS) is 13.4. The second-order valence-corrected chi connectivity index (χ2v) is 4.86. The van der Waals surface area contributed by atoms with Gasteiger partial charge in [0, 0.05) is 12.2 Å². The number of hydrogen-bond acceptors (Lipinski definition) is 3. The molecule has 0 radical (unpaired) electrons. The van der Waals surface area contributed by atoms with E-state index in [1.165, 1.54) is 12.1 Å². The number of hydrogen-bond donors (Lipinski definition) is 1. The van der Waals surface area contributed by atoms with Crippen LogP contribution in [0, 0.1) is 5.82 Å². The molecule has 1 aromatic carbocycles. The molecule has 0 saturated carbocycles. The van der Waals surface area contributed by atoms with E-state index in [1.54, 1.807) is 6.07 Å². The van der Waals surface area contributed by atoms with Gasteiger partial charge < -0.3 is 10.6 Å². The van der Waals surface area contributed by atoms with Gasteiger partial charge in [-0.25, -0.2) is 9.37 Å². The molecule has 0 atom stereocenters. The van der Waals surface area contributed by atoms with Crippen molar-refractivity contribution in [2.75, 3.05) is 11.4 Å². The number of nitrogens with two attached hydrogens (primary N) is 1. The lowest BCUT2D eigenvalue weighted by Gasteiger charge is -2.18. The zero-order chi connectivity index (χ0) is 13.4. The van der Waals surface area contributed by atoms with Crippen molar-refractivity contribution >= 4 is 28.7 Å². The van der Waals surface area contributed by atoms with E-state index in [-0.39, 0.29) is 10.8 Å². The van der Waals surface area contributed by atoms with E-state index in [0.29, 0.717) is 5.69 Å². The van der Waals surface area contributed by atoms with Gasteiger partial charge in [0.2, 0.25) is 0 Å². The molecule has 1 aliphatic heterocycles. The molecule has 19 heavy (non-hydrogen) atoms. The predicted octanol–water partition coefficient (Wildman–Crippen LogP) is 2.55. The Morgan fingerprint density at radius 2 is 2.16 bits per heavy atom. The van der Waals surface area contributed by atoms with Crippen LogP contribution in [0.3, 0.4) is 0 Å². The van der Waals surface area contributed by atoms with Crippen molar-refractivity contribution in [2.24, 2.45) is 5.73 Å². The van der Waals surface area contributed by atoms with Gasteiger partial charge in [-0.15, -0.1) is 0 Å². The summed E-state index contributed by atoms with van der Waals surface area (Å²) in [5, 5.41) is 0. The van der Waals surface area contributed by atoms with Crippen molar-refractivity contribution in [1.82, 2.24) is 4.98 Å². The lowest BCUT2D eigenvalue weighted by Crippen LogP contribution is -2.18. The number of nitrogens with zero attached hydrogens (tertiary/aromatic N) is 2. The molecule has 0 saturated heterocycles. The lowest BCUT2D eigenvalue weighted by atomic mass is 10.2. The molecule has 0 spiro atoms. The smallest absolute Gasteiger partial charge is 0.133 e. The first kappa shape index (κ1) is 12.0. The Balaban J connectivity index is 2.04. The third-order valence-corrected chi connectivity index (χ3v) is 3.42. The molecule has 5 heteroatoms. The third-order valence-electron chi connectivity index (χ3n) is 3.21. The third kappa shape index (κ3) is 2.17. The first-order valence-corrected chi connectivity index (χ1v) is 6.39. The summed E-state index contributed by atoms with van der Waals surface area (Å²) >= 11 is 4.93. The molecule has 3 rings (SSSR count). The van der Waals surface area contributed by atoms with E-state index < -0.39 is 0 Å². The van der Waals surface area contributed by atoms with Crippen LogP contribution in [0.1, 0.15) is 11.3 Å². The Kier molecular flexibility index (Phi) is 2.91. The molecule has 0 amide bonds. The van der Waals surface area contributed by atoms with E-state index in [2.05, 4.69) is 4.98 Å². The number of aromatic nitrogens is 1. The van der Waals surface area contributed by atoms with Crippen LogP contribution in [-0.2, 0) is 6.42 Å². The average Bonchev–Trinajstić information content (AvgIpc) is 2.81. The Morgan fingerprint density at radius 1 is 1.32 bits per heavy atom. The van der Waals surface area contributed by atoms with Crippen LogP contribution in [0.25, 0.3) is 0 Å². The van der Waals surface area contributed by atoms with Gasteiger partial charge in [-0.1, -0.05) is 24.4 Å². The molecule has 0 bridgehead atoms. The highest BCUT2D eigenvalue weighted by Gasteiger charge is 2.22. The fraction of sp³-hybridized carbons (Fsp3) is 0.143. The number of rotatable bonds is 2. The Labute approximate surface area is 115 Å². The lowest BCUT2D eigenvalue weighted by molar-refractivity contribution is 0.628. The van der Waals surface area contributed by atoms with Crippen LogP contribution in [0.15, 0.2) is 36.4 Å². The minimum atomic E-state index is -0.240. The van der Waals surface area contributed by atoms with Crippen LogP contribution < -0.4 is 10.6 Å². The van der Waals surface area contributed by atoms with Crippen LogP contribution >= 0.6 is 12.2 Å². The van der Waals surface area contributed by atoms with Gasteiger partial charge in [0.1, 0.15) is 16.6 Å². The molecule has 2 N–H and O–H groups in total. The topological polar surface area (TPSA) is 42.1 Å². The van der Waals surface area contributed by atoms with Crippen molar-refractivity contribution in [3.8, 4) is 0 Å². The van der Waals surface area contributed by atoms with Crippen molar-refractivity contribution in [1.29, 1.82) is 0 Å². The minimum absolute atomic E-state index is 0.240. The number of pyridine rings is 1. The summed E-state index contributed by atoms with van der Waals surface area (Å²) in [5.74, 6) is 0.505. The number of thiocarbonyl (C=S) groups is 1. The van der Waals surface area contributed by atoms with Gasteiger partial charge >= 0.3 is 0 Å². The highest BCUT2D eigenvalue weighted by atomic mass is 32.1. The molecule has 0 unspecified atom stereocenters. The summed E-state index contributed by atoms with van der Waals surface area (Å²) in [6, 6.07) is 10.4. The standard InChI is InChI=1S/C14H12FN3S/c15-10-5-4-9-6-7-18(12(9)8-10)13-3-1-2-11(17-13)14(16)19/h1-5,8H,6-7H2,(H2,16,19). The van der Waals surface area contributed by atoms with Gasteiger partial charge in [0.05, 0.1) is 5.69 Å². The Bertz CT molecular complexity index is 657. The maximum absolute atomic E-state index is 13.4. The number of halogens is 1. The summed E-state index contributed by atoms with van der Waals surface area (Å²) in [4.78, 5) is 6.67. The summed E-state index contributed by atoms with van der Waals surface area (Å²) in [6.45, 7) is 0.784. The van der Waals surface area contributed by atoms with Crippen molar-refractivity contribution in [3.05, 3.63) is 53.5 Å². The minimum Gasteiger partial charge on any atom is -0.388 e. The molecular weight excluding hydrogens is 261 g/mol. The van der Waals surface area contributed by atoms with E-state index in [9.17, 15) is 4.39 Å². The molecule has 1 aromatic heterocycles. The first-order valence-electron chi connectivity index (χ1n) is 5.98. The summed E-state index contributed by atoms with van der Waals surface area (Å²) in [7, 11) is 0. The van der Waals surface area contributed by atoms with Crippen molar-refractivity contribution < 1.29 is 4.39 Å². The Morgan fingerprint density at radius 3 is 2.95 bits per heavy atom. The van der Waals surface area contributed by atoms with E-state index in [1.807, 2.05) is 23.1 Å². The molecule has 2 aromatic rings. The highest BCUT2D eigenvalue weighted by Crippen LogP contribution is 2.33. The van der Waals surface area contributed by atoms with Crippen LogP contribution in [0.2, 0.25) is 0 Å². The molecule has 2 heterocycles. The zero-order valence-corrected chi connectivity index (χ0v) is 11.0. The largest absolute Gasteiger partial charge is 0.388 e. The monoisotopic (exact) mass is 273 g/mol. The maximum atomic E-state index is 13.4. The van der Waals surface area contributed by atoms with E-state index in [4.69, 9.17) is 18.0 Å². The van der Waals surface area contributed by atoms with Gasteiger partial charge in [-0.3, -0.25) is 0 Å². The summed E-state index contributed by atoms with van der Waals surface area (Å²) in [6.07, 6.45) is 0.884. The quantitative estimate of drug-likeness (QED) is 0.854. The summed E-state index contributed by atoms with van der Waals surface area (Å²) in [5.41, 5.74) is 8.17. The SMILES string of the molecule is NC(=S)c1cccc(N2CCc3ccc(F)cc32)n1. The Hall–Kier alpha value is -2.01. The van der Waals surface area contributed by atoms with Gasteiger partial charge in [0.25, 0.3) is 0 Å². The fourth-order valence-electron chi connectivity index (χ4n) is 2.30. The number of fused-ring (bicyclic) bond motifs is 1. The molecule has 0 aliphatic carbocycles. The molecule has 96 valence electrons. The average molecular weight is 273 g/mol. The number of benzene rings is 1. The molecule has 0 fully saturated rings. The first-order chi connectivity index (χ1) is 9.15. The van der Waals surface area contributed by atoms with Crippen molar-refractivity contribution in [2.45, 2.75) is 6.42 Å². The van der Waals surface area contributed by atoms with Crippen molar-refractivity contribution in [3.63, 3.8) is 0 Å². The fourth-order valence-corrected chi connectivity index (χ4v) is 2.41. The maximum Gasteiger partial charge on any atom is 0.133 e. The molecule has 3 nitrogen and oxygen atoms in total. The van der Waals surface area contributed by atoms with Gasteiger partial charge in [-0.2, -0.15) is 0 Å². The molecular formula is C14H12FN3S. The number of anilines is 2. The second kappa shape index (κ2) is 4.59. The van der Waals surface area contributed by atoms with Crippen LogP contribution in [0.4, 0.5) is 15.9 Å². The highest BCUT2D eigenvalue weighted by molar-refractivity contribution is 7.80. The van der Waals surface area contributed by atoms with Crippen LogP contribution in [-0.4, -0.2) is 16.5 Å². The van der Waals surface area contributed by atoms with Crippen LogP contribution in [0.5, 0.6) is 0 Å². The summed E-state index contributed by atoms with van der Waals surface area (Å²) < 4.78 is 13.4. The zero-order valence-electron chi connectivity index (χ0n) is 10.1. The van der Waals surface area contributed by atoms with Gasteiger partial charge in [-0.05, 0) is 36.2 Å². The molecule has 1 aliphatic rings. The second-order valence-electron chi connectivity index (χ2n) is 4.42. The van der Waals surface area contributed by atoms with E-state index >= 15 is 0 Å². The van der Waals surface area contributed by atoms with Gasteiger partial charge in [0.15, 0.2) is 0 Å². The predicted molar refractivity (Wildman–Crippen MR) is 77.2 cm³/mol.